The van der Waals surface area contributed by atoms with Crippen molar-refractivity contribution in [1.82, 2.24) is 0 Å². The molecule has 0 amide bonds. The van der Waals surface area contributed by atoms with Crippen LogP contribution < -0.4 is 0 Å². The van der Waals surface area contributed by atoms with E-state index in [1.807, 2.05) is 12.2 Å². The minimum Gasteiger partial charge on any atom is -0.0891 e. The zero-order valence-corrected chi connectivity index (χ0v) is 13.9. The molecule has 0 spiro atoms. The summed E-state index contributed by atoms with van der Waals surface area (Å²) in [5.41, 5.74) is 2.58. The molecule has 1 aliphatic carbocycles. The summed E-state index contributed by atoms with van der Waals surface area (Å²) in [5, 5.41) is 0.881. The molecule has 0 aromatic heterocycles. The van der Waals surface area contributed by atoms with Crippen molar-refractivity contribution in [2.45, 2.75) is 16.7 Å². The highest BCUT2D eigenvalue weighted by Crippen LogP contribution is 2.47. The van der Waals surface area contributed by atoms with Gasteiger partial charge in [-0.05, 0) is 17.2 Å². The zero-order valence-electron chi connectivity index (χ0n) is 11.5. The average molecular weight is 360 g/mol. The third-order valence-corrected chi connectivity index (χ3v) is 5.10. The minimum absolute atomic E-state index is 0.193. The number of halogens is 2. The fourth-order valence-electron chi connectivity index (χ4n) is 2.93. The van der Waals surface area contributed by atoms with E-state index in [0.717, 1.165) is 11.5 Å². The molecule has 2 aromatic carbocycles. The number of benzene rings is 2. The average Bonchev–Trinajstić information content (AvgIpc) is 2.49. The second kappa shape index (κ2) is 6.21. The third-order valence-electron chi connectivity index (χ3n) is 3.84. The second-order valence-corrected chi connectivity index (χ2v) is 7.29. The molecular formula is C19H16BrCl. The molecule has 0 fully saturated rings. The number of allylic oxidation sites excluding steroid dienone is 4. The summed E-state index contributed by atoms with van der Waals surface area (Å²) < 4.78 is -0.193. The van der Waals surface area contributed by atoms with Crippen LogP contribution in [0.3, 0.4) is 0 Å². The molecule has 0 saturated heterocycles. The van der Waals surface area contributed by atoms with E-state index in [1.54, 1.807) is 0 Å². The van der Waals surface area contributed by atoms with E-state index in [1.165, 1.54) is 11.1 Å². The Hall–Kier alpha value is -1.31. The van der Waals surface area contributed by atoms with Gasteiger partial charge in [-0.15, -0.1) is 0 Å². The topological polar surface area (TPSA) is 0 Å². The highest BCUT2D eigenvalue weighted by molar-refractivity contribution is 9.10. The van der Waals surface area contributed by atoms with E-state index in [0.29, 0.717) is 0 Å². The molecule has 1 atom stereocenters. The van der Waals surface area contributed by atoms with Crippen LogP contribution in [0.4, 0.5) is 0 Å². The Morgan fingerprint density at radius 3 is 1.90 bits per heavy atom. The van der Waals surface area contributed by atoms with Gasteiger partial charge < -0.3 is 0 Å². The van der Waals surface area contributed by atoms with Crippen molar-refractivity contribution in [3.63, 3.8) is 0 Å². The molecule has 0 radical (unpaired) electrons. The molecule has 1 aliphatic rings. The quantitative estimate of drug-likeness (QED) is 0.586. The summed E-state index contributed by atoms with van der Waals surface area (Å²) in [4.78, 5) is 0. The lowest BCUT2D eigenvalue weighted by atomic mass is 9.77. The van der Waals surface area contributed by atoms with E-state index < -0.39 is 0 Å². The standard InChI is InChI=1S/C19H16BrCl/c20-19(13-7-12-17(21)14-19)18(15-8-3-1-4-9-15)16-10-5-2-6-11-16/h1-13,18H,14H2. The van der Waals surface area contributed by atoms with Crippen LogP contribution in [-0.2, 0) is 0 Å². The van der Waals surface area contributed by atoms with Crippen LogP contribution in [0.1, 0.15) is 23.5 Å². The molecule has 21 heavy (non-hydrogen) atoms. The van der Waals surface area contributed by atoms with Crippen LogP contribution in [0.15, 0.2) is 83.9 Å². The molecule has 3 rings (SSSR count). The zero-order chi connectivity index (χ0) is 14.7. The first kappa shape index (κ1) is 14.6. The van der Waals surface area contributed by atoms with Gasteiger partial charge in [0.25, 0.3) is 0 Å². The van der Waals surface area contributed by atoms with Crippen molar-refractivity contribution in [3.05, 3.63) is 95.1 Å². The van der Waals surface area contributed by atoms with Crippen LogP contribution in [0.25, 0.3) is 0 Å². The highest BCUT2D eigenvalue weighted by atomic mass is 79.9. The molecule has 0 aliphatic heterocycles. The Balaban J connectivity index is 2.10. The van der Waals surface area contributed by atoms with Gasteiger partial charge in [0.15, 0.2) is 0 Å². The van der Waals surface area contributed by atoms with E-state index in [9.17, 15) is 0 Å². The molecular weight excluding hydrogens is 344 g/mol. The van der Waals surface area contributed by atoms with Crippen LogP contribution in [-0.4, -0.2) is 4.32 Å². The van der Waals surface area contributed by atoms with Crippen molar-refractivity contribution < 1.29 is 0 Å². The normalized spacial score (nSPS) is 21.4. The summed E-state index contributed by atoms with van der Waals surface area (Å²) in [5.74, 6) is 0.221. The molecule has 0 heterocycles. The van der Waals surface area contributed by atoms with Crippen LogP contribution in [0.2, 0.25) is 0 Å². The van der Waals surface area contributed by atoms with Gasteiger partial charge in [0.05, 0.1) is 4.32 Å². The summed E-state index contributed by atoms with van der Waals surface area (Å²) in [6.45, 7) is 0. The second-order valence-electron chi connectivity index (χ2n) is 5.33. The van der Waals surface area contributed by atoms with Gasteiger partial charge in [0, 0.05) is 17.4 Å². The lowest BCUT2D eigenvalue weighted by molar-refractivity contribution is 0.631. The lowest BCUT2D eigenvalue weighted by Gasteiger charge is -2.35. The summed E-state index contributed by atoms with van der Waals surface area (Å²) in [6, 6.07) is 21.2. The maximum absolute atomic E-state index is 6.30. The largest absolute Gasteiger partial charge is 0.0891 e. The number of rotatable bonds is 3. The van der Waals surface area contributed by atoms with E-state index in [4.69, 9.17) is 11.6 Å². The maximum Gasteiger partial charge on any atom is 0.0597 e. The Kier molecular flexibility index (Phi) is 4.32. The Bertz CT molecular complexity index is 621. The van der Waals surface area contributed by atoms with E-state index >= 15 is 0 Å². The van der Waals surface area contributed by atoms with Crippen molar-refractivity contribution in [1.29, 1.82) is 0 Å². The highest BCUT2D eigenvalue weighted by Gasteiger charge is 2.37. The predicted molar refractivity (Wildman–Crippen MR) is 94.1 cm³/mol. The van der Waals surface area contributed by atoms with E-state index in [2.05, 4.69) is 82.7 Å². The molecule has 0 bridgehead atoms. The molecule has 2 aromatic rings. The molecule has 0 saturated carbocycles. The lowest BCUT2D eigenvalue weighted by Crippen LogP contribution is -2.29. The van der Waals surface area contributed by atoms with Gasteiger partial charge in [0.1, 0.15) is 0 Å². The third kappa shape index (κ3) is 3.14. The molecule has 0 nitrogen and oxygen atoms in total. The SMILES string of the molecule is ClC1=CC=CC(Br)(C(c2ccccc2)c2ccccc2)C1. The first-order valence-corrected chi connectivity index (χ1v) is 8.19. The van der Waals surface area contributed by atoms with Gasteiger partial charge in [-0.25, -0.2) is 0 Å². The Morgan fingerprint density at radius 2 is 1.43 bits per heavy atom. The fourth-order valence-corrected chi connectivity index (χ4v) is 4.36. The van der Waals surface area contributed by atoms with E-state index in [-0.39, 0.29) is 10.2 Å². The predicted octanol–water partition coefficient (Wildman–Crippen LogP) is 6.03. The van der Waals surface area contributed by atoms with Crippen LogP contribution in [0, 0.1) is 0 Å². The van der Waals surface area contributed by atoms with Crippen LogP contribution in [0.5, 0.6) is 0 Å². The van der Waals surface area contributed by atoms with Gasteiger partial charge in [0.2, 0.25) is 0 Å². The van der Waals surface area contributed by atoms with Crippen molar-refractivity contribution in [3.8, 4) is 0 Å². The first-order chi connectivity index (χ1) is 10.2. The molecule has 2 heteroatoms. The van der Waals surface area contributed by atoms with Gasteiger partial charge in [-0.2, -0.15) is 0 Å². The van der Waals surface area contributed by atoms with Crippen molar-refractivity contribution in [2.24, 2.45) is 0 Å². The summed E-state index contributed by atoms with van der Waals surface area (Å²) in [6.07, 6.45) is 7.01. The number of hydrogen-bond donors (Lipinski definition) is 0. The number of alkyl halides is 1. The maximum atomic E-state index is 6.30. The monoisotopic (exact) mass is 358 g/mol. The smallest absolute Gasteiger partial charge is 0.0597 e. The Labute approximate surface area is 139 Å². The Morgan fingerprint density at radius 1 is 0.905 bits per heavy atom. The first-order valence-electron chi connectivity index (χ1n) is 7.02. The van der Waals surface area contributed by atoms with Crippen molar-refractivity contribution >= 4 is 27.5 Å². The minimum atomic E-state index is -0.193. The summed E-state index contributed by atoms with van der Waals surface area (Å²) >= 11 is 10.3. The summed E-state index contributed by atoms with van der Waals surface area (Å²) in [7, 11) is 0. The van der Waals surface area contributed by atoms with Crippen LogP contribution >= 0.6 is 27.5 Å². The molecule has 1 unspecified atom stereocenters. The molecule has 106 valence electrons. The van der Waals surface area contributed by atoms with Gasteiger partial charge >= 0.3 is 0 Å². The number of hydrogen-bond acceptors (Lipinski definition) is 0. The van der Waals surface area contributed by atoms with Gasteiger partial charge in [-0.3, -0.25) is 0 Å². The van der Waals surface area contributed by atoms with Crippen molar-refractivity contribution in [2.75, 3.05) is 0 Å². The van der Waals surface area contributed by atoms with Gasteiger partial charge in [-0.1, -0.05) is 100 Å². The fraction of sp³-hybridized carbons (Fsp3) is 0.158. The molecule has 0 N–H and O–H groups in total.